The summed E-state index contributed by atoms with van der Waals surface area (Å²) >= 11 is 0. The van der Waals surface area contributed by atoms with Crippen LogP contribution in [0.25, 0.3) is 0 Å². The highest BCUT2D eigenvalue weighted by Gasteiger charge is 2.22. The minimum atomic E-state index is -2.87. The molecule has 1 saturated heterocycles. The van der Waals surface area contributed by atoms with Gasteiger partial charge < -0.3 is 4.90 Å². The largest absolute Gasteiger partial charge is 0.355 e. The Balaban J connectivity index is 2.09. The van der Waals surface area contributed by atoms with Crippen molar-refractivity contribution in [2.24, 2.45) is 0 Å². The molecule has 0 bridgehead atoms. The fourth-order valence-corrected chi connectivity index (χ4v) is 3.08. The van der Waals surface area contributed by atoms with E-state index in [2.05, 4.69) is 4.98 Å². The first kappa shape index (κ1) is 13.0. The first-order valence-corrected chi connectivity index (χ1v) is 7.78. The number of anilines is 1. The van der Waals surface area contributed by atoms with Crippen LogP contribution in [0.15, 0.2) is 18.3 Å². The lowest BCUT2D eigenvalue weighted by atomic mass is 10.1. The SMILES string of the molecule is CCC(=O)c1ccc(N2CCS(=O)(=O)CC2)nc1. The van der Waals surface area contributed by atoms with Crippen LogP contribution in [0.1, 0.15) is 23.7 Å². The molecule has 0 amide bonds. The summed E-state index contributed by atoms with van der Waals surface area (Å²) < 4.78 is 22.6. The standard InChI is InChI=1S/C12H16N2O3S/c1-2-11(15)10-3-4-12(13-9-10)14-5-7-18(16,17)8-6-14/h3-4,9H,2,5-8H2,1H3. The molecule has 1 aliphatic heterocycles. The third-order valence-electron chi connectivity index (χ3n) is 3.06. The maximum atomic E-state index is 11.5. The molecular weight excluding hydrogens is 252 g/mol. The summed E-state index contributed by atoms with van der Waals surface area (Å²) in [5, 5.41) is 0. The van der Waals surface area contributed by atoms with Crippen molar-refractivity contribution in [2.75, 3.05) is 29.5 Å². The zero-order chi connectivity index (χ0) is 13.2. The van der Waals surface area contributed by atoms with Crippen molar-refractivity contribution in [3.8, 4) is 0 Å². The highest BCUT2D eigenvalue weighted by molar-refractivity contribution is 7.91. The normalized spacial score (nSPS) is 18.6. The first-order valence-electron chi connectivity index (χ1n) is 5.96. The van der Waals surface area contributed by atoms with Crippen LogP contribution < -0.4 is 4.90 Å². The zero-order valence-corrected chi connectivity index (χ0v) is 11.1. The van der Waals surface area contributed by atoms with E-state index in [9.17, 15) is 13.2 Å². The third kappa shape index (κ3) is 2.87. The number of hydrogen-bond donors (Lipinski definition) is 0. The summed E-state index contributed by atoms with van der Waals surface area (Å²) in [5.74, 6) is 1.14. The topological polar surface area (TPSA) is 67.3 Å². The van der Waals surface area contributed by atoms with E-state index in [4.69, 9.17) is 0 Å². The Labute approximate surface area is 107 Å². The van der Waals surface area contributed by atoms with Crippen molar-refractivity contribution < 1.29 is 13.2 Å². The molecule has 18 heavy (non-hydrogen) atoms. The van der Waals surface area contributed by atoms with Gasteiger partial charge in [0.1, 0.15) is 5.82 Å². The molecule has 0 aliphatic carbocycles. The van der Waals surface area contributed by atoms with E-state index in [1.165, 1.54) is 0 Å². The first-order chi connectivity index (χ1) is 8.52. The van der Waals surface area contributed by atoms with E-state index in [1.54, 1.807) is 18.3 Å². The van der Waals surface area contributed by atoms with Crippen LogP contribution in [0.4, 0.5) is 5.82 Å². The van der Waals surface area contributed by atoms with Gasteiger partial charge in [-0.05, 0) is 12.1 Å². The van der Waals surface area contributed by atoms with Gasteiger partial charge in [0.05, 0.1) is 11.5 Å². The molecule has 0 aromatic carbocycles. The zero-order valence-electron chi connectivity index (χ0n) is 10.3. The van der Waals surface area contributed by atoms with Crippen LogP contribution >= 0.6 is 0 Å². The summed E-state index contributed by atoms with van der Waals surface area (Å²) in [6.45, 7) is 2.75. The lowest BCUT2D eigenvalue weighted by molar-refractivity contribution is 0.0988. The van der Waals surface area contributed by atoms with Crippen molar-refractivity contribution in [2.45, 2.75) is 13.3 Å². The summed E-state index contributed by atoms with van der Waals surface area (Å²) in [7, 11) is -2.87. The van der Waals surface area contributed by atoms with Gasteiger partial charge in [0.15, 0.2) is 15.6 Å². The Morgan fingerprint density at radius 3 is 2.50 bits per heavy atom. The van der Waals surface area contributed by atoms with Gasteiger partial charge in [-0.3, -0.25) is 4.79 Å². The molecule has 5 nitrogen and oxygen atoms in total. The van der Waals surface area contributed by atoms with Crippen LogP contribution in [-0.2, 0) is 9.84 Å². The Hall–Kier alpha value is -1.43. The molecule has 98 valence electrons. The third-order valence-corrected chi connectivity index (χ3v) is 4.67. The minimum absolute atomic E-state index is 0.0651. The Morgan fingerprint density at radius 1 is 1.33 bits per heavy atom. The Morgan fingerprint density at radius 2 is 2.00 bits per heavy atom. The van der Waals surface area contributed by atoms with Gasteiger partial charge in [-0.15, -0.1) is 0 Å². The van der Waals surface area contributed by atoms with Crippen LogP contribution in [0.2, 0.25) is 0 Å². The molecule has 0 N–H and O–H groups in total. The Bertz CT molecular complexity index is 523. The Kier molecular flexibility index (Phi) is 3.65. The van der Waals surface area contributed by atoms with Crippen LogP contribution in [0.3, 0.4) is 0 Å². The van der Waals surface area contributed by atoms with Gasteiger partial charge in [0, 0.05) is 31.3 Å². The molecule has 0 radical (unpaired) electrons. The average Bonchev–Trinajstić information content (AvgIpc) is 2.38. The van der Waals surface area contributed by atoms with E-state index < -0.39 is 9.84 Å². The number of carbonyl (C=O) groups excluding carboxylic acids is 1. The predicted octanol–water partition coefficient (Wildman–Crippen LogP) is 0.909. The molecule has 1 aromatic rings. The van der Waals surface area contributed by atoms with E-state index >= 15 is 0 Å². The number of rotatable bonds is 3. The van der Waals surface area contributed by atoms with Gasteiger partial charge in [-0.2, -0.15) is 0 Å². The smallest absolute Gasteiger partial charge is 0.164 e. The van der Waals surface area contributed by atoms with Gasteiger partial charge in [0.2, 0.25) is 0 Å². The quantitative estimate of drug-likeness (QED) is 0.762. The second kappa shape index (κ2) is 5.06. The number of Topliss-reactive ketones (excluding diaryl/α,β-unsaturated/α-hetero) is 1. The summed E-state index contributed by atoms with van der Waals surface area (Å²) in [6, 6.07) is 3.53. The second-order valence-electron chi connectivity index (χ2n) is 4.32. The fourth-order valence-electron chi connectivity index (χ4n) is 1.88. The maximum Gasteiger partial charge on any atom is 0.164 e. The maximum absolute atomic E-state index is 11.5. The summed E-state index contributed by atoms with van der Waals surface area (Å²) in [5.41, 5.74) is 0.603. The highest BCUT2D eigenvalue weighted by atomic mass is 32.2. The number of carbonyl (C=O) groups is 1. The van der Waals surface area contributed by atoms with Crippen molar-refractivity contribution >= 4 is 21.4 Å². The molecule has 6 heteroatoms. The van der Waals surface area contributed by atoms with E-state index in [1.807, 2.05) is 11.8 Å². The van der Waals surface area contributed by atoms with Gasteiger partial charge in [-0.25, -0.2) is 13.4 Å². The molecule has 2 rings (SSSR count). The molecule has 0 atom stereocenters. The van der Waals surface area contributed by atoms with Gasteiger partial charge in [-0.1, -0.05) is 6.92 Å². The number of pyridine rings is 1. The van der Waals surface area contributed by atoms with Gasteiger partial charge in [0.25, 0.3) is 0 Å². The van der Waals surface area contributed by atoms with Crippen molar-refractivity contribution in [1.29, 1.82) is 0 Å². The van der Waals surface area contributed by atoms with Crippen molar-refractivity contribution in [3.63, 3.8) is 0 Å². The summed E-state index contributed by atoms with van der Waals surface area (Å²) in [6.07, 6.45) is 2.02. The average molecular weight is 268 g/mol. The molecule has 1 aromatic heterocycles. The van der Waals surface area contributed by atoms with Crippen LogP contribution in [0, 0.1) is 0 Å². The monoisotopic (exact) mass is 268 g/mol. The lowest BCUT2D eigenvalue weighted by Gasteiger charge is -2.27. The number of aromatic nitrogens is 1. The molecule has 0 spiro atoms. The van der Waals surface area contributed by atoms with E-state index in [0.29, 0.717) is 25.1 Å². The second-order valence-corrected chi connectivity index (χ2v) is 6.62. The number of hydrogen-bond acceptors (Lipinski definition) is 5. The molecule has 2 heterocycles. The minimum Gasteiger partial charge on any atom is -0.355 e. The van der Waals surface area contributed by atoms with Gasteiger partial charge >= 0.3 is 0 Å². The molecule has 0 saturated carbocycles. The highest BCUT2D eigenvalue weighted by Crippen LogP contribution is 2.15. The van der Waals surface area contributed by atoms with Crippen molar-refractivity contribution in [3.05, 3.63) is 23.9 Å². The van der Waals surface area contributed by atoms with E-state index in [-0.39, 0.29) is 17.3 Å². The molecule has 1 fully saturated rings. The summed E-state index contributed by atoms with van der Waals surface area (Å²) in [4.78, 5) is 17.6. The molecular formula is C12H16N2O3S. The molecule has 1 aliphatic rings. The lowest BCUT2D eigenvalue weighted by Crippen LogP contribution is -2.40. The van der Waals surface area contributed by atoms with Crippen LogP contribution in [-0.4, -0.2) is 43.8 Å². The number of sulfone groups is 1. The number of nitrogens with zero attached hydrogens (tertiary/aromatic N) is 2. The van der Waals surface area contributed by atoms with Crippen LogP contribution in [0.5, 0.6) is 0 Å². The molecule has 0 unspecified atom stereocenters. The van der Waals surface area contributed by atoms with E-state index in [0.717, 1.165) is 5.82 Å². The number of ketones is 1. The van der Waals surface area contributed by atoms with Crippen molar-refractivity contribution in [1.82, 2.24) is 4.98 Å². The predicted molar refractivity (Wildman–Crippen MR) is 69.7 cm³/mol. The fraction of sp³-hybridized carbons (Fsp3) is 0.500.